The van der Waals surface area contributed by atoms with Crippen molar-refractivity contribution in [3.05, 3.63) is 72.9 Å². The summed E-state index contributed by atoms with van der Waals surface area (Å²) in [6.45, 7) is 3.92. The van der Waals surface area contributed by atoms with E-state index in [1.165, 1.54) is 51.4 Å². The Bertz CT molecular complexity index is 976. The average Bonchev–Trinajstić information content (AvgIpc) is 3.07. The Labute approximate surface area is 293 Å². The van der Waals surface area contributed by atoms with Crippen molar-refractivity contribution in [2.75, 3.05) is 19.8 Å². The number of aliphatic hydroxyl groups is 1. The van der Waals surface area contributed by atoms with E-state index >= 15 is 0 Å². The second-order valence-corrected chi connectivity index (χ2v) is 13.5. The van der Waals surface area contributed by atoms with Gasteiger partial charge in [0.15, 0.2) is 0 Å². The summed E-state index contributed by atoms with van der Waals surface area (Å²) in [4.78, 5) is 22.6. The first kappa shape index (κ1) is 45.9. The Balaban J connectivity index is 4.49. The highest BCUT2D eigenvalue weighted by molar-refractivity contribution is 7.47. The maximum Gasteiger partial charge on any atom is 0.472 e. The summed E-state index contributed by atoms with van der Waals surface area (Å²) in [7, 11) is -4.35. The van der Waals surface area contributed by atoms with Crippen molar-refractivity contribution in [2.24, 2.45) is 5.73 Å². The molecule has 0 aliphatic carbocycles. The Morgan fingerprint density at radius 2 is 1.23 bits per heavy atom. The number of hydrogen-bond donors (Lipinski definition) is 4. The summed E-state index contributed by atoms with van der Waals surface area (Å²) in [5, 5.41) is 13.5. The molecule has 5 N–H and O–H groups in total. The van der Waals surface area contributed by atoms with Gasteiger partial charge in [0.05, 0.1) is 25.4 Å². The Morgan fingerprint density at radius 3 is 1.85 bits per heavy atom. The van der Waals surface area contributed by atoms with Gasteiger partial charge in [-0.3, -0.25) is 13.8 Å². The number of rotatable bonds is 33. The molecule has 0 aliphatic heterocycles. The minimum Gasteiger partial charge on any atom is -0.387 e. The molecule has 0 rings (SSSR count). The third-order valence-corrected chi connectivity index (χ3v) is 8.50. The summed E-state index contributed by atoms with van der Waals surface area (Å²) in [5.74, 6) is -0.249. The van der Waals surface area contributed by atoms with Gasteiger partial charge in [-0.1, -0.05) is 132 Å². The van der Waals surface area contributed by atoms with Crippen LogP contribution in [-0.2, 0) is 18.4 Å². The van der Waals surface area contributed by atoms with Crippen LogP contribution in [0.5, 0.6) is 0 Å². The lowest BCUT2D eigenvalue weighted by molar-refractivity contribution is -0.123. The van der Waals surface area contributed by atoms with Crippen molar-refractivity contribution in [3.63, 3.8) is 0 Å². The molecular weight excluding hydrogens is 623 g/mol. The maximum absolute atomic E-state index is 12.7. The van der Waals surface area contributed by atoms with E-state index in [-0.39, 0.29) is 32.1 Å². The van der Waals surface area contributed by atoms with Crippen LogP contribution in [0.2, 0.25) is 0 Å². The first-order valence-electron chi connectivity index (χ1n) is 18.6. The molecule has 1 amide bonds. The fourth-order valence-corrected chi connectivity index (χ4v) is 5.48. The molecule has 0 fully saturated rings. The molecule has 9 heteroatoms. The number of aliphatic hydroxyl groups excluding tert-OH is 1. The third kappa shape index (κ3) is 32.5. The topological polar surface area (TPSA) is 131 Å². The second-order valence-electron chi connectivity index (χ2n) is 12.0. The molecule has 0 spiro atoms. The normalized spacial score (nSPS) is 15.2. The molecule has 48 heavy (non-hydrogen) atoms. The van der Waals surface area contributed by atoms with E-state index in [0.29, 0.717) is 6.42 Å². The van der Waals surface area contributed by atoms with Crippen LogP contribution >= 0.6 is 7.82 Å². The second kappa shape index (κ2) is 34.8. The summed E-state index contributed by atoms with van der Waals surface area (Å²) in [5.41, 5.74) is 5.35. The predicted molar refractivity (Wildman–Crippen MR) is 203 cm³/mol. The number of phosphoric acid groups is 1. The van der Waals surface area contributed by atoms with Crippen LogP contribution in [0.1, 0.15) is 136 Å². The number of hydrogen-bond acceptors (Lipinski definition) is 6. The predicted octanol–water partition coefficient (Wildman–Crippen LogP) is 9.71. The number of carbonyl (C=O) groups is 1. The number of amides is 1. The van der Waals surface area contributed by atoms with Crippen LogP contribution in [-0.4, -0.2) is 47.8 Å². The SMILES string of the molecule is CC/C=C\C/C=C\C/C=C\C/C=C\CCCCC(=O)NC(COP(=O)(O)OCCN)C(O)/C=C/CC/C=C/CCCCCCCCCC. The van der Waals surface area contributed by atoms with E-state index in [1.807, 2.05) is 6.08 Å². The van der Waals surface area contributed by atoms with Gasteiger partial charge in [-0.15, -0.1) is 0 Å². The van der Waals surface area contributed by atoms with Crippen molar-refractivity contribution in [1.82, 2.24) is 5.32 Å². The zero-order valence-corrected chi connectivity index (χ0v) is 31.1. The van der Waals surface area contributed by atoms with Crippen molar-refractivity contribution >= 4 is 13.7 Å². The van der Waals surface area contributed by atoms with E-state index in [2.05, 4.69) is 79.9 Å². The lowest BCUT2D eigenvalue weighted by atomic mass is 10.1. The molecule has 0 saturated carbocycles. The molecule has 0 aromatic carbocycles. The minimum atomic E-state index is -4.35. The molecule has 0 aliphatic rings. The molecule has 0 aromatic heterocycles. The molecule has 0 bridgehead atoms. The summed E-state index contributed by atoms with van der Waals surface area (Å²) >= 11 is 0. The maximum atomic E-state index is 12.7. The largest absolute Gasteiger partial charge is 0.472 e. The summed E-state index contributed by atoms with van der Waals surface area (Å²) in [6, 6.07) is -0.900. The molecule has 0 radical (unpaired) electrons. The van der Waals surface area contributed by atoms with Gasteiger partial charge < -0.3 is 21.1 Å². The van der Waals surface area contributed by atoms with Gasteiger partial charge in [0.1, 0.15) is 0 Å². The highest BCUT2D eigenvalue weighted by Gasteiger charge is 2.26. The molecule has 8 nitrogen and oxygen atoms in total. The molecular formula is C39H69N2O6P. The van der Waals surface area contributed by atoms with Gasteiger partial charge in [0.25, 0.3) is 0 Å². The molecule has 0 saturated heterocycles. The molecule has 276 valence electrons. The quantitative estimate of drug-likeness (QED) is 0.0306. The minimum absolute atomic E-state index is 0.0634. The number of allylic oxidation sites excluding steroid dienone is 11. The first-order chi connectivity index (χ1) is 23.4. The zero-order valence-electron chi connectivity index (χ0n) is 30.2. The van der Waals surface area contributed by atoms with Crippen molar-refractivity contribution < 1.29 is 28.4 Å². The van der Waals surface area contributed by atoms with Crippen molar-refractivity contribution in [1.29, 1.82) is 0 Å². The molecule has 3 atom stereocenters. The van der Waals surface area contributed by atoms with Crippen molar-refractivity contribution in [2.45, 2.75) is 148 Å². The van der Waals surface area contributed by atoms with E-state index < -0.39 is 20.0 Å². The molecule has 0 heterocycles. The number of unbranched alkanes of at least 4 members (excludes halogenated alkanes) is 11. The van der Waals surface area contributed by atoms with E-state index in [9.17, 15) is 19.4 Å². The van der Waals surface area contributed by atoms with Crippen LogP contribution in [0.25, 0.3) is 0 Å². The van der Waals surface area contributed by atoms with Crippen LogP contribution in [0.3, 0.4) is 0 Å². The number of nitrogens with one attached hydrogen (secondary N) is 1. The fraction of sp³-hybridized carbons (Fsp3) is 0.667. The zero-order chi connectivity index (χ0) is 35.4. The van der Waals surface area contributed by atoms with Gasteiger partial charge in [0, 0.05) is 13.0 Å². The standard InChI is InChI=1S/C39H69N2O6P/c1-3-5-7-9-11-13-15-17-19-21-23-25-27-29-31-33-39(43)41-37(36-47-48(44,45)46-35-34-40)38(42)32-30-28-26-24-22-20-18-16-14-12-10-8-6-4-2/h5,7,11,13,17,19,22-25,30,32,37-38,42H,3-4,6,8-10,12,14-16,18,20-21,26-29,31,33-36,40H2,1-2H3,(H,41,43)(H,44,45)/b7-5-,13-11-,19-17-,24-22+,25-23-,32-30+. The van der Waals surface area contributed by atoms with Gasteiger partial charge >= 0.3 is 7.82 Å². The average molecular weight is 693 g/mol. The van der Waals surface area contributed by atoms with E-state index in [1.54, 1.807) is 6.08 Å². The van der Waals surface area contributed by atoms with Crippen LogP contribution < -0.4 is 11.1 Å². The van der Waals surface area contributed by atoms with Crippen LogP contribution in [0.4, 0.5) is 0 Å². The van der Waals surface area contributed by atoms with Gasteiger partial charge in [-0.05, 0) is 70.6 Å². The van der Waals surface area contributed by atoms with Gasteiger partial charge in [-0.2, -0.15) is 0 Å². The third-order valence-electron chi connectivity index (χ3n) is 7.52. The molecule has 0 aromatic rings. The first-order valence-corrected chi connectivity index (χ1v) is 20.1. The summed E-state index contributed by atoms with van der Waals surface area (Å²) < 4.78 is 22.0. The monoisotopic (exact) mass is 692 g/mol. The van der Waals surface area contributed by atoms with E-state index in [0.717, 1.165) is 57.8 Å². The van der Waals surface area contributed by atoms with E-state index in [4.69, 9.17) is 14.8 Å². The Kier molecular flexibility index (Phi) is 33.3. The number of nitrogens with two attached hydrogens (primary N) is 1. The van der Waals surface area contributed by atoms with Crippen molar-refractivity contribution in [3.8, 4) is 0 Å². The Hall–Kier alpha value is -2.06. The summed E-state index contributed by atoms with van der Waals surface area (Å²) in [6.07, 6.45) is 43.8. The molecule has 3 unspecified atom stereocenters. The smallest absolute Gasteiger partial charge is 0.387 e. The highest BCUT2D eigenvalue weighted by Crippen LogP contribution is 2.43. The number of phosphoric ester groups is 1. The number of carbonyl (C=O) groups excluding carboxylic acids is 1. The fourth-order valence-electron chi connectivity index (χ4n) is 4.72. The van der Waals surface area contributed by atoms with Gasteiger partial charge in [0.2, 0.25) is 5.91 Å². The Morgan fingerprint density at radius 1 is 0.708 bits per heavy atom. The lowest BCUT2D eigenvalue weighted by Gasteiger charge is -2.23. The lowest BCUT2D eigenvalue weighted by Crippen LogP contribution is -2.45. The van der Waals surface area contributed by atoms with Crippen LogP contribution in [0.15, 0.2) is 72.9 Å². The van der Waals surface area contributed by atoms with Crippen LogP contribution in [0, 0.1) is 0 Å². The highest BCUT2D eigenvalue weighted by atomic mass is 31.2. The van der Waals surface area contributed by atoms with Gasteiger partial charge in [-0.25, -0.2) is 4.57 Å².